The van der Waals surface area contributed by atoms with E-state index >= 15 is 0 Å². The van der Waals surface area contributed by atoms with E-state index in [1.165, 1.54) is 0 Å². The summed E-state index contributed by atoms with van der Waals surface area (Å²) >= 11 is 0. The fourth-order valence-corrected chi connectivity index (χ4v) is 1.91. The Kier molecular flexibility index (Phi) is 4.88. The van der Waals surface area contributed by atoms with Crippen molar-refractivity contribution in [2.45, 2.75) is 50.9 Å². The fraction of sp³-hybridized carbons (Fsp3) is 1.00. The second-order valence-corrected chi connectivity index (χ2v) is 4.94. The van der Waals surface area contributed by atoms with E-state index in [9.17, 15) is 13.5 Å². The molecule has 2 N–H and O–H groups in total. The van der Waals surface area contributed by atoms with Crippen LogP contribution in [0.4, 0.5) is 0 Å². The van der Waals surface area contributed by atoms with Gasteiger partial charge in [-0.3, -0.25) is 4.55 Å². The monoisotopic (exact) mass is 210 g/mol. The van der Waals surface area contributed by atoms with E-state index < -0.39 is 15.1 Å². The summed E-state index contributed by atoms with van der Waals surface area (Å²) in [5.41, 5.74) is 0. The number of hydrogen-bond acceptors (Lipinski definition) is 3. The first-order valence-corrected chi connectivity index (χ1v) is 6.01. The van der Waals surface area contributed by atoms with Gasteiger partial charge in [0.15, 0.2) is 4.93 Å². The molecule has 0 fully saturated rings. The van der Waals surface area contributed by atoms with Crippen molar-refractivity contribution < 1.29 is 18.1 Å². The van der Waals surface area contributed by atoms with Gasteiger partial charge in [-0.05, 0) is 19.3 Å². The van der Waals surface area contributed by atoms with Crippen molar-refractivity contribution >= 4 is 10.1 Å². The summed E-state index contributed by atoms with van der Waals surface area (Å²) in [6.45, 7) is 3.53. The van der Waals surface area contributed by atoms with Gasteiger partial charge in [-0.2, -0.15) is 8.42 Å². The van der Waals surface area contributed by atoms with Crippen molar-refractivity contribution in [3.8, 4) is 0 Å². The molecule has 0 spiro atoms. The van der Waals surface area contributed by atoms with Crippen LogP contribution in [0.25, 0.3) is 0 Å². The minimum atomic E-state index is -4.34. The lowest BCUT2D eigenvalue weighted by Crippen LogP contribution is -2.37. The molecule has 0 amide bonds. The van der Waals surface area contributed by atoms with Crippen LogP contribution in [0.1, 0.15) is 46.0 Å². The van der Waals surface area contributed by atoms with Crippen LogP contribution in [0.5, 0.6) is 0 Å². The highest BCUT2D eigenvalue weighted by Gasteiger charge is 2.37. The van der Waals surface area contributed by atoms with Gasteiger partial charge < -0.3 is 5.11 Å². The topological polar surface area (TPSA) is 74.6 Å². The molecule has 0 heterocycles. The Bertz CT molecular complexity index is 235. The molecule has 0 aliphatic heterocycles. The number of aliphatic hydroxyl groups is 1. The molecule has 80 valence electrons. The number of rotatable bonds is 6. The molecular formula is C8H18O4S. The number of unbranched alkanes of at least 4 members (excludes halogenated alkanes) is 2. The first kappa shape index (κ1) is 12.9. The van der Waals surface area contributed by atoms with Crippen LogP contribution in [0.2, 0.25) is 0 Å². The minimum Gasteiger partial charge on any atom is -0.372 e. The predicted molar refractivity (Wildman–Crippen MR) is 50.9 cm³/mol. The Morgan fingerprint density at radius 1 is 1.23 bits per heavy atom. The average molecular weight is 210 g/mol. The molecule has 0 bridgehead atoms. The molecule has 0 radical (unpaired) electrons. The van der Waals surface area contributed by atoms with Gasteiger partial charge in [-0.15, -0.1) is 0 Å². The maximum absolute atomic E-state index is 10.8. The van der Waals surface area contributed by atoms with E-state index in [0.717, 1.165) is 12.8 Å². The average Bonchev–Trinajstić information content (AvgIpc) is 2.02. The molecule has 0 aromatic heterocycles. The molecular weight excluding hydrogens is 192 g/mol. The first-order valence-electron chi connectivity index (χ1n) is 4.56. The van der Waals surface area contributed by atoms with Crippen LogP contribution in [0, 0.1) is 0 Å². The van der Waals surface area contributed by atoms with Crippen molar-refractivity contribution in [3.05, 3.63) is 0 Å². The van der Waals surface area contributed by atoms with Crippen molar-refractivity contribution in [2.75, 3.05) is 0 Å². The highest BCUT2D eigenvalue weighted by Crippen LogP contribution is 2.24. The largest absolute Gasteiger partial charge is 0.372 e. The van der Waals surface area contributed by atoms with E-state index in [0.29, 0.717) is 6.42 Å². The summed E-state index contributed by atoms with van der Waals surface area (Å²) in [5.74, 6) is 0. The van der Waals surface area contributed by atoms with Gasteiger partial charge in [0.25, 0.3) is 10.1 Å². The lowest BCUT2D eigenvalue weighted by atomic mass is 10.1. The summed E-state index contributed by atoms with van der Waals surface area (Å²) in [4.78, 5) is -1.94. The van der Waals surface area contributed by atoms with E-state index in [2.05, 4.69) is 0 Å². The molecule has 0 aromatic rings. The third-order valence-corrected chi connectivity index (χ3v) is 3.66. The molecule has 1 atom stereocenters. The maximum atomic E-state index is 10.8. The van der Waals surface area contributed by atoms with E-state index in [1.54, 1.807) is 6.92 Å². The number of hydrogen-bond donors (Lipinski definition) is 2. The van der Waals surface area contributed by atoms with Gasteiger partial charge in [-0.25, -0.2) is 0 Å². The fourth-order valence-electron chi connectivity index (χ4n) is 1.14. The van der Waals surface area contributed by atoms with Crippen LogP contribution in [0.3, 0.4) is 0 Å². The van der Waals surface area contributed by atoms with Gasteiger partial charge in [0.05, 0.1) is 0 Å². The van der Waals surface area contributed by atoms with Gasteiger partial charge in [0.1, 0.15) is 0 Å². The zero-order chi connectivity index (χ0) is 10.5. The van der Waals surface area contributed by atoms with Crippen LogP contribution in [-0.4, -0.2) is 23.0 Å². The van der Waals surface area contributed by atoms with Crippen molar-refractivity contribution in [2.24, 2.45) is 0 Å². The van der Waals surface area contributed by atoms with Crippen molar-refractivity contribution in [1.29, 1.82) is 0 Å². The first-order chi connectivity index (χ1) is 5.87. The van der Waals surface area contributed by atoms with Gasteiger partial charge in [0.2, 0.25) is 0 Å². The Morgan fingerprint density at radius 3 is 2.08 bits per heavy atom. The third kappa shape index (κ3) is 3.62. The van der Waals surface area contributed by atoms with E-state index in [-0.39, 0.29) is 12.8 Å². The van der Waals surface area contributed by atoms with Gasteiger partial charge in [0, 0.05) is 0 Å². The minimum absolute atomic E-state index is 0.0234. The maximum Gasteiger partial charge on any atom is 0.294 e. The summed E-state index contributed by atoms with van der Waals surface area (Å²) in [7, 11) is -4.34. The van der Waals surface area contributed by atoms with Crippen LogP contribution in [-0.2, 0) is 10.1 Å². The molecule has 1 unspecified atom stereocenters. The Morgan fingerprint density at radius 2 is 1.77 bits per heavy atom. The second-order valence-electron chi connectivity index (χ2n) is 3.23. The second kappa shape index (κ2) is 4.93. The van der Waals surface area contributed by atoms with E-state index in [4.69, 9.17) is 4.55 Å². The zero-order valence-corrected chi connectivity index (χ0v) is 8.97. The van der Waals surface area contributed by atoms with Gasteiger partial charge >= 0.3 is 0 Å². The highest BCUT2D eigenvalue weighted by molar-refractivity contribution is 7.87. The molecule has 0 saturated carbocycles. The standard InChI is InChI=1S/C8H18O4S/c1-3-5-6-7-8(9,4-2)13(10,11)12/h9H,3-7H2,1-2H3,(H,10,11,12). The highest BCUT2D eigenvalue weighted by atomic mass is 32.2. The SMILES string of the molecule is CCCCCC(O)(CC)S(=O)(=O)O. The summed E-state index contributed by atoms with van der Waals surface area (Å²) in [6, 6.07) is 0. The lowest BCUT2D eigenvalue weighted by molar-refractivity contribution is 0.0966. The molecule has 0 aliphatic rings. The lowest BCUT2D eigenvalue weighted by Gasteiger charge is -2.22. The summed E-state index contributed by atoms with van der Waals surface area (Å²) < 4.78 is 30.3. The van der Waals surface area contributed by atoms with E-state index in [1.807, 2.05) is 6.92 Å². The molecule has 5 heteroatoms. The normalized spacial score (nSPS) is 16.9. The van der Waals surface area contributed by atoms with Gasteiger partial charge in [-0.1, -0.05) is 26.7 Å². The zero-order valence-electron chi connectivity index (χ0n) is 8.15. The molecule has 0 rings (SSSR count). The molecule has 0 saturated heterocycles. The summed E-state index contributed by atoms with van der Waals surface area (Å²) in [5, 5.41) is 9.55. The molecule has 13 heavy (non-hydrogen) atoms. The van der Waals surface area contributed by atoms with Crippen LogP contribution >= 0.6 is 0 Å². The molecule has 0 aromatic carbocycles. The Labute approximate surface area is 79.7 Å². The Hall–Kier alpha value is -0.130. The van der Waals surface area contributed by atoms with Crippen molar-refractivity contribution in [1.82, 2.24) is 0 Å². The summed E-state index contributed by atoms with van der Waals surface area (Å²) in [6.07, 6.45) is 2.55. The molecule has 4 nitrogen and oxygen atoms in total. The Balaban J connectivity index is 4.31. The predicted octanol–water partition coefficient (Wildman–Crippen LogP) is 1.55. The van der Waals surface area contributed by atoms with Crippen LogP contribution in [0.15, 0.2) is 0 Å². The molecule has 0 aliphatic carbocycles. The third-order valence-electron chi connectivity index (χ3n) is 2.20. The van der Waals surface area contributed by atoms with Crippen molar-refractivity contribution in [3.63, 3.8) is 0 Å². The quantitative estimate of drug-likeness (QED) is 0.515. The van der Waals surface area contributed by atoms with Crippen LogP contribution < -0.4 is 0 Å². The smallest absolute Gasteiger partial charge is 0.294 e.